The Balaban J connectivity index is 1.87. The molecule has 0 aliphatic carbocycles. The van der Waals surface area contributed by atoms with E-state index in [2.05, 4.69) is 47.8 Å². The number of fused-ring (bicyclic) bond motifs is 1. The average molecular weight is 304 g/mol. The van der Waals surface area contributed by atoms with Crippen molar-refractivity contribution in [2.45, 2.75) is 13.8 Å². The minimum atomic E-state index is 0.872. The third-order valence-corrected chi connectivity index (χ3v) is 3.95. The molecule has 3 aromatic rings. The van der Waals surface area contributed by atoms with E-state index in [0.717, 1.165) is 28.1 Å². The van der Waals surface area contributed by atoms with Gasteiger partial charge >= 0.3 is 0 Å². The van der Waals surface area contributed by atoms with Gasteiger partial charge in [0.05, 0.1) is 18.5 Å². The third-order valence-electron chi connectivity index (χ3n) is 3.95. The summed E-state index contributed by atoms with van der Waals surface area (Å²) in [6.45, 7) is 4.08. The van der Waals surface area contributed by atoms with E-state index in [-0.39, 0.29) is 0 Å². The largest absolute Gasteiger partial charge is 0.497 e. The summed E-state index contributed by atoms with van der Waals surface area (Å²) in [4.78, 5) is 0. The number of ether oxygens (including phenoxy) is 1. The van der Waals surface area contributed by atoms with Gasteiger partial charge < -0.3 is 4.74 Å². The van der Waals surface area contributed by atoms with Crippen LogP contribution in [0.5, 0.6) is 5.75 Å². The monoisotopic (exact) mass is 304 g/mol. The van der Waals surface area contributed by atoms with Gasteiger partial charge in [-0.2, -0.15) is 5.10 Å². The number of hydrogen-bond acceptors (Lipinski definition) is 3. The lowest BCUT2D eigenvalue weighted by atomic mass is 10.0. The average Bonchev–Trinajstić information content (AvgIpc) is 2.59. The number of rotatable bonds is 4. The fourth-order valence-corrected chi connectivity index (χ4v) is 2.48. The van der Waals surface area contributed by atoms with Crippen molar-refractivity contribution in [1.82, 2.24) is 0 Å². The second kappa shape index (κ2) is 6.53. The van der Waals surface area contributed by atoms with Gasteiger partial charge in [-0.05, 0) is 60.0 Å². The fraction of sp³-hybridized carbons (Fsp3) is 0.150. The molecule has 0 amide bonds. The Morgan fingerprint density at radius 2 is 1.70 bits per heavy atom. The molecule has 1 N–H and O–H groups in total. The Labute approximate surface area is 136 Å². The SMILES string of the molecule is COc1ccc2cc(/C(C)=N/Nc3ccccc3C)ccc2c1. The van der Waals surface area contributed by atoms with Crippen LogP contribution in [0.2, 0.25) is 0 Å². The molecule has 0 fully saturated rings. The van der Waals surface area contributed by atoms with E-state index in [0.29, 0.717) is 0 Å². The highest BCUT2D eigenvalue weighted by Gasteiger charge is 2.02. The minimum Gasteiger partial charge on any atom is -0.497 e. The van der Waals surface area contributed by atoms with E-state index in [1.807, 2.05) is 37.3 Å². The van der Waals surface area contributed by atoms with Crippen molar-refractivity contribution in [3.05, 3.63) is 71.8 Å². The maximum Gasteiger partial charge on any atom is 0.119 e. The highest BCUT2D eigenvalue weighted by molar-refractivity contribution is 6.02. The molecule has 0 atom stereocenters. The van der Waals surface area contributed by atoms with Crippen LogP contribution in [0.1, 0.15) is 18.1 Å². The molecule has 0 spiro atoms. The molecule has 0 heterocycles. The second-order valence-corrected chi connectivity index (χ2v) is 5.55. The van der Waals surface area contributed by atoms with Gasteiger partial charge in [-0.25, -0.2) is 0 Å². The molecule has 3 nitrogen and oxygen atoms in total. The number of benzene rings is 3. The maximum absolute atomic E-state index is 5.26. The van der Waals surface area contributed by atoms with E-state index in [1.54, 1.807) is 7.11 Å². The molecule has 0 unspecified atom stereocenters. The molecule has 0 aliphatic rings. The Bertz CT molecular complexity index is 868. The summed E-state index contributed by atoms with van der Waals surface area (Å²) >= 11 is 0. The predicted molar refractivity (Wildman–Crippen MR) is 97.5 cm³/mol. The number of nitrogens with zero attached hydrogens (tertiary/aromatic N) is 1. The standard InChI is InChI=1S/C20H20N2O/c1-14-6-4-5-7-20(14)22-21-15(2)16-8-9-18-13-19(23-3)11-10-17(18)12-16/h4-13,22H,1-3H3/b21-15+. The summed E-state index contributed by atoms with van der Waals surface area (Å²) in [6, 6.07) is 20.5. The molecule has 3 heteroatoms. The molecule has 0 saturated heterocycles. The Hall–Kier alpha value is -2.81. The maximum atomic E-state index is 5.26. The lowest BCUT2D eigenvalue weighted by Gasteiger charge is -2.08. The zero-order valence-corrected chi connectivity index (χ0v) is 13.6. The highest BCUT2D eigenvalue weighted by Crippen LogP contribution is 2.22. The predicted octanol–water partition coefficient (Wildman–Crippen LogP) is 4.99. The van der Waals surface area contributed by atoms with E-state index in [9.17, 15) is 0 Å². The summed E-state index contributed by atoms with van der Waals surface area (Å²) < 4.78 is 5.26. The molecule has 3 aromatic carbocycles. The van der Waals surface area contributed by atoms with Crippen LogP contribution in [-0.4, -0.2) is 12.8 Å². The molecule has 0 bridgehead atoms. The van der Waals surface area contributed by atoms with Gasteiger partial charge in [0.15, 0.2) is 0 Å². The van der Waals surface area contributed by atoms with Crippen LogP contribution in [0.15, 0.2) is 65.8 Å². The smallest absolute Gasteiger partial charge is 0.119 e. The van der Waals surface area contributed by atoms with Crippen molar-refractivity contribution in [3.8, 4) is 5.75 Å². The topological polar surface area (TPSA) is 33.6 Å². The molecular weight excluding hydrogens is 284 g/mol. The number of para-hydroxylation sites is 1. The van der Waals surface area contributed by atoms with Gasteiger partial charge in [-0.1, -0.05) is 36.4 Å². The number of methoxy groups -OCH3 is 1. The number of anilines is 1. The van der Waals surface area contributed by atoms with Gasteiger partial charge in [0.25, 0.3) is 0 Å². The van der Waals surface area contributed by atoms with Crippen molar-refractivity contribution in [2.75, 3.05) is 12.5 Å². The van der Waals surface area contributed by atoms with Crippen LogP contribution in [0.4, 0.5) is 5.69 Å². The molecule has 116 valence electrons. The van der Waals surface area contributed by atoms with Crippen LogP contribution >= 0.6 is 0 Å². The molecule has 3 rings (SSSR count). The van der Waals surface area contributed by atoms with Crippen LogP contribution in [0.25, 0.3) is 10.8 Å². The summed E-state index contributed by atoms with van der Waals surface area (Å²) in [7, 11) is 1.68. The van der Waals surface area contributed by atoms with Crippen LogP contribution in [0, 0.1) is 6.92 Å². The third kappa shape index (κ3) is 3.34. The van der Waals surface area contributed by atoms with Crippen molar-refractivity contribution < 1.29 is 4.74 Å². The first kappa shape index (κ1) is 15.1. The van der Waals surface area contributed by atoms with E-state index in [4.69, 9.17) is 4.74 Å². The van der Waals surface area contributed by atoms with Gasteiger partial charge in [-0.15, -0.1) is 0 Å². The second-order valence-electron chi connectivity index (χ2n) is 5.55. The zero-order chi connectivity index (χ0) is 16.2. The first-order valence-corrected chi connectivity index (χ1v) is 7.61. The van der Waals surface area contributed by atoms with Crippen molar-refractivity contribution >= 4 is 22.2 Å². The van der Waals surface area contributed by atoms with Crippen LogP contribution < -0.4 is 10.2 Å². The number of hydrogen-bond donors (Lipinski definition) is 1. The quantitative estimate of drug-likeness (QED) is 0.544. The van der Waals surface area contributed by atoms with Gasteiger partial charge in [0, 0.05) is 0 Å². The molecule has 0 aromatic heterocycles. The van der Waals surface area contributed by atoms with Crippen LogP contribution in [-0.2, 0) is 0 Å². The fourth-order valence-electron chi connectivity index (χ4n) is 2.48. The van der Waals surface area contributed by atoms with Gasteiger partial charge in [0.1, 0.15) is 5.75 Å². The zero-order valence-electron chi connectivity index (χ0n) is 13.6. The van der Waals surface area contributed by atoms with E-state index < -0.39 is 0 Å². The molecular formula is C20H20N2O. The number of nitrogens with one attached hydrogen (secondary N) is 1. The Morgan fingerprint density at radius 1 is 0.957 bits per heavy atom. The van der Waals surface area contributed by atoms with Crippen molar-refractivity contribution in [1.29, 1.82) is 0 Å². The Kier molecular flexibility index (Phi) is 4.29. The van der Waals surface area contributed by atoms with Crippen LogP contribution in [0.3, 0.4) is 0 Å². The summed E-state index contributed by atoms with van der Waals surface area (Å²) in [6.07, 6.45) is 0. The normalized spacial score (nSPS) is 11.5. The summed E-state index contributed by atoms with van der Waals surface area (Å²) in [5.41, 5.74) is 7.40. The highest BCUT2D eigenvalue weighted by atomic mass is 16.5. The van der Waals surface area contributed by atoms with Crippen molar-refractivity contribution in [3.63, 3.8) is 0 Å². The van der Waals surface area contributed by atoms with Gasteiger partial charge in [0.2, 0.25) is 0 Å². The first-order valence-electron chi connectivity index (χ1n) is 7.61. The molecule has 0 aliphatic heterocycles. The van der Waals surface area contributed by atoms with E-state index in [1.165, 1.54) is 10.9 Å². The lowest BCUT2D eigenvalue weighted by Crippen LogP contribution is -2.00. The Morgan fingerprint density at radius 3 is 2.48 bits per heavy atom. The number of hydrazone groups is 1. The van der Waals surface area contributed by atoms with Gasteiger partial charge in [-0.3, -0.25) is 5.43 Å². The summed E-state index contributed by atoms with van der Waals surface area (Å²) in [5, 5.41) is 6.84. The summed E-state index contributed by atoms with van der Waals surface area (Å²) in [5.74, 6) is 0.872. The molecule has 0 radical (unpaired) electrons. The van der Waals surface area contributed by atoms with E-state index >= 15 is 0 Å². The minimum absolute atomic E-state index is 0.872. The molecule has 23 heavy (non-hydrogen) atoms. The number of aryl methyl sites for hydroxylation is 1. The molecule has 0 saturated carbocycles. The first-order chi connectivity index (χ1) is 11.2. The lowest BCUT2D eigenvalue weighted by molar-refractivity contribution is 0.415. The van der Waals surface area contributed by atoms with Crippen molar-refractivity contribution in [2.24, 2.45) is 5.10 Å².